The van der Waals surface area contributed by atoms with Gasteiger partial charge in [0.25, 0.3) is 0 Å². The van der Waals surface area contributed by atoms with Crippen LogP contribution in [-0.2, 0) is 15.7 Å². The lowest BCUT2D eigenvalue weighted by Crippen LogP contribution is -2.39. The van der Waals surface area contributed by atoms with E-state index < -0.39 is 23.3 Å². The van der Waals surface area contributed by atoms with Crippen molar-refractivity contribution in [2.45, 2.75) is 39.5 Å². The molecule has 3 aromatic rings. The first-order chi connectivity index (χ1) is 17.0. The zero-order chi connectivity index (χ0) is 26.3. The van der Waals surface area contributed by atoms with Crippen LogP contribution in [0.15, 0.2) is 78.9 Å². The Morgan fingerprint density at radius 2 is 1.36 bits per heavy atom. The monoisotopic (exact) mass is 498 g/mol. The highest BCUT2D eigenvalue weighted by molar-refractivity contribution is 5.79. The highest BCUT2D eigenvalue weighted by Crippen LogP contribution is 2.31. The molecule has 0 saturated heterocycles. The van der Waals surface area contributed by atoms with Gasteiger partial charge < -0.3 is 14.2 Å². The van der Waals surface area contributed by atoms with Crippen molar-refractivity contribution in [1.29, 1.82) is 0 Å². The quantitative estimate of drug-likeness (QED) is 0.285. The van der Waals surface area contributed by atoms with E-state index in [0.29, 0.717) is 18.1 Å². The van der Waals surface area contributed by atoms with Gasteiger partial charge in [0, 0.05) is 0 Å². The maximum absolute atomic E-state index is 12.8. The molecule has 0 unspecified atom stereocenters. The number of rotatable bonds is 9. The summed E-state index contributed by atoms with van der Waals surface area (Å²) in [6.45, 7) is 7.65. The van der Waals surface area contributed by atoms with Crippen LogP contribution < -0.4 is 9.47 Å². The fourth-order valence-corrected chi connectivity index (χ4v) is 3.40. The summed E-state index contributed by atoms with van der Waals surface area (Å²) >= 11 is 0. The number of benzene rings is 3. The lowest BCUT2D eigenvalue weighted by atomic mass is 10.00. The normalized spacial score (nSPS) is 12.2. The molecule has 0 fully saturated rings. The molecule has 0 aliphatic heterocycles. The average molecular weight is 499 g/mol. The Kier molecular flexibility index (Phi) is 8.45. The second-order valence-corrected chi connectivity index (χ2v) is 8.65. The minimum atomic E-state index is -4.34. The molecule has 0 radical (unpaired) electrons. The maximum atomic E-state index is 12.8. The zero-order valence-corrected chi connectivity index (χ0v) is 20.7. The number of carbonyl (C=O) groups excluding carboxylic acids is 1. The highest BCUT2D eigenvalue weighted by Gasteiger charge is 2.31. The molecule has 0 heterocycles. The standard InChI is InChI=1S/C29H29F3O4/c1-5-34-27(33)28(3,4)36-26-16-14-25(15-17-26)35-19-18-20(2)21-6-8-22(9-7-21)23-10-12-24(13-11-23)29(30,31)32/h6-18H,5,19H2,1-4H3/b20-18+. The van der Waals surface area contributed by atoms with Crippen LogP contribution in [0.5, 0.6) is 11.5 Å². The molecule has 4 nitrogen and oxygen atoms in total. The van der Waals surface area contributed by atoms with Crippen molar-refractivity contribution in [1.82, 2.24) is 0 Å². The van der Waals surface area contributed by atoms with E-state index in [2.05, 4.69) is 0 Å². The molecule has 0 aliphatic rings. The predicted octanol–water partition coefficient (Wildman–Crippen LogP) is 7.58. The van der Waals surface area contributed by atoms with Crippen molar-refractivity contribution in [3.05, 3.63) is 90.0 Å². The lowest BCUT2D eigenvalue weighted by molar-refractivity contribution is -0.158. The fourth-order valence-electron chi connectivity index (χ4n) is 3.40. The van der Waals surface area contributed by atoms with Crippen LogP contribution in [0, 0.1) is 0 Å². The van der Waals surface area contributed by atoms with E-state index in [4.69, 9.17) is 14.2 Å². The summed E-state index contributed by atoms with van der Waals surface area (Å²) in [5, 5.41) is 0. The minimum absolute atomic E-state index is 0.286. The van der Waals surface area contributed by atoms with Gasteiger partial charge in [-0.1, -0.05) is 36.4 Å². The van der Waals surface area contributed by atoms with E-state index >= 15 is 0 Å². The first-order valence-electron chi connectivity index (χ1n) is 11.5. The van der Waals surface area contributed by atoms with Gasteiger partial charge in [-0.2, -0.15) is 13.2 Å². The molecule has 3 aromatic carbocycles. The van der Waals surface area contributed by atoms with Gasteiger partial charge in [0.05, 0.1) is 12.2 Å². The van der Waals surface area contributed by atoms with E-state index in [1.54, 1.807) is 45.0 Å². The molecule has 0 N–H and O–H groups in total. The van der Waals surface area contributed by atoms with E-state index in [0.717, 1.165) is 34.4 Å². The highest BCUT2D eigenvalue weighted by atomic mass is 19.4. The third kappa shape index (κ3) is 7.13. The van der Waals surface area contributed by atoms with Crippen LogP contribution in [0.2, 0.25) is 0 Å². The van der Waals surface area contributed by atoms with Gasteiger partial charge in [0.2, 0.25) is 0 Å². The predicted molar refractivity (Wildman–Crippen MR) is 134 cm³/mol. The molecule has 0 aliphatic carbocycles. The smallest absolute Gasteiger partial charge is 0.416 e. The first kappa shape index (κ1) is 26.9. The Morgan fingerprint density at radius 3 is 1.89 bits per heavy atom. The van der Waals surface area contributed by atoms with Gasteiger partial charge >= 0.3 is 12.1 Å². The van der Waals surface area contributed by atoms with E-state index in [1.165, 1.54) is 12.1 Å². The first-order valence-corrected chi connectivity index (χ1v) is 11.5. The van der Waals surface area contributed by atoms with Gasteiger partial charge in [0.1, 0.15) is 18.1 Å². The average Bonchev–Trinajstić information content (AvgIpc) is 2.84. The topological polar surface area (TPSA) is 44.8 Å². The van der Waals surface area contributed by atoms with Crippen LogP contribution in [0.1, 0.15) is 38.8 Å². The SMILES string of the molecule is CCOC(=O)C(C)(C)Oc1ccc(OC/C=C(\C)c2ccc(-c3ccc(C(F)(F)F)cc3)cc2)cc1. The molecule has 0 amide bonds. The third-order valence-corrected chi connectivity index (χ3v) is 5.49. The van der Waals surface area contributed by atoms with Crippen molar-refractivity contribution in [3.8, 4) is 22.6 Å². The molecule has 190 valence electrons. The van der Waals surface area contributed by atoms with Crippen LogP contribution in [0.25, 0.3) is 16.7 Å². The molecule has 0 saturated carbocycles. The number of ether oxygens (including phenoxy) is 3. The summed E-state index contributed by atoms with van der Waals surface area (Å²) in [5.41, 5.74) is 1.79. The van der Waals surface area contributed by atoms with Gasteiger partial charge in [-0.25, -0.2) is 4.79 Å². The minimum Gasteiger partial charge on any atom is -0.490 e. The Bertz CT molecular complexity index is 1180. The van der Waals surface area contributed by atoms with Gasteiger partial charge in [-0.3, -0.25) is 0 Å². The summed E-state index contributed by atoms with van der Waals surface area (Å²) < 4.78 is 54.8. The fraction of sp³-hybridized carbons (Fsp3) is 0.276. The third-order valence-electron chi connectivity index (χ3n) is 5.49. The van der Waals surface area contributed by atoms with Gasteiger partial charge in [-0.05, 0) is 92.4 Å². The molecule has 0 spiro atoms. The number of alkyl halides is 3. The molecular weight excluding hydrogens is 469 g/mol. The molecule has 0 aromatic heterocycles. The molecule has 7 heteroatoms. The largest absolute Gasteiger partial charge is 0.490 e. The number of allylic oxidation sites excluding steroid dienone is 1. The van der Waals surface area contributed by atoms with Crippen LogP contribution in [0.4, 0.5) is 13.2 Å². The van der Waals surface area contributed by atoms with E-state index in [-0.39, 0.29) is 6.61 Å². The van der Waals surface area contributed by atoms with Gasteiger partial charge in [-0.15, -0.1) is 0 Å². The second kappa shape index (κ2) is 11.3. The zero-order valence-electron chi connectivity index (χ0n) is 20.7. The van der Waals surface area contributed by atoms with Gasteiger partial charge in [0.15, 0.2) is 5.60 Å². The number of hydrogen-bond acceptors (Lipinski definition) is 4. The molecular formula is C29H29F3O4. The Labute approximate surface area is 209 Å². The van der Waals surface area contributed by atoms with Crippen LogP contribution in [0.3, 0.4) is 0 Å². The van der Waals surface area contributed by atoms with Crippen molar-refractivity contribution >= 4 is 11.5 Å². The van der Waals surface area contributed by atoms with Crippen molar-refractivity contribution in [3.63, 3.8) is 0 Å². The molecule has 0 atom stereocenters. The molecule has 36 heavy (non-hydrogen) atoms. The van der Waals surface area contributed by atoms with E-state index in [1.807, 2.05) is 37.3 Å². The summed E-state index contributed by atoms with van der Waals surface area (Å²) in [6.07, 6.45) is -2.40. The van der Waals surface area contributed by atoms with Crippen molar-refractivity contribution < 1.29 is 32.2 Å². The summed E-state index contributed by atoms with van der Waals surface area (Å²) in [7, 11) is 0. The van der Waals surface area contributed by atoms with E-state index in [9.17, 15) is 18.0 Å². The summed E-state index contributed by atoms with van der Waals surface area (Å²) in [4.78, 5) is 12.0. The summed E-state index contributed by atoms with van der Waals surface area (Å²) in [6, 6.07) is 19.7. The summed E-state index contributed by atoms with van der Waals surface area (Å²) in [5.74, 6) is 0.747. The number of esters is 1. The molecule has 0 bridgehead atoms. The number of halogens is 3. The van der Waals surface area contributed by atoms with Crippen LogP contribution >= 0.6 is 0 Å². The number of hydrogen-bond donors (Lipinski definition) is 0. The Balaban J connectivity index is 1.56. The van der Waals surface area contributed by atoms with Crippen LogP contribution in [-0.4, -0.2) is 24.8 Å². The van der Waals surface area contributed by atoms with Crippen molar-refractivity contribution in [2.75, 3.05) is 13.2 Å². The Morgan fingerprint density at radius 1 is 0.833 bits per heavy atom. The lowest BCUT2D eigenvalue weighted by Gasteiger charge is -2.24. The Hall–Kier alpha value is -3.74. The number of carbonyl (C=O) groups is 1. The van der Waals surface area contributed by atoms with Crippen molar-refractivity contribution in [2.24, 2.45) is 0 Å². The maximum Gasteiger partial charge on any atom is 0.416 e. The second-order valence-electron chi connectivity index (χ2n) is 8.65. The molecule has 3 rings (SSSR count).